The van der Waals surface area contributed by atoms with E-state index >= 15 is 0 Å². The van der Waals surface area contributed by atoms with E-state index < -0.39 is 7.82 Å². The highest BCUT2D eigenvalue weighted by Crippen LogP contribution is 2.25. The highest BCUT2D eigenvalue weighted by molar-refractivity contribution is 14.1. The molecule has 84 valence electrons. The Labute approximate surface area is 99.8 Å². The molecule has 0 bridgehead atoms. The van der Waals surface area contributed by atoms with Crippen LogP contribution in [0.25, 0.3) is 0 Å². The summed E-state index contributed by atoms with van der Waals surface area (Å²) in [6.45, 7) is 0. The average molecular weight is 346 g/mol. The molecule has 1 aromatic rings. The van der Waals surface area contributed by atoms with Crippen LogP contribution >= 0.6 is 30.8 Å². The van der Waals surface area contributed by atoms with E-state index in [0.29, 0.717) is 5.56 Å². The average Bonchev–Trinajstić information content (AvgIpc) is 2.15. The Bertz CT molecular complexity index is 339. The molecule has 0 fully saturated rings. The number of halogens is 1. The molecular formula is C7H8IO6P. The molecule has 0 aliphatic carbocycles. The van der Waals surface area contributed by atoms with Gasteiger partial charge >= 0.3 is 13.8 Å². The van der Waals surface area contributed by atoms with Gasteiger partial charge in [0.05, 0.1) is 5.56 Å². The van der Waals surface area contributed by atoms with E-state index in [0.717, 1.165) is 0 Å². The van der Waals surface area contributed by atoms with Crippen molar-refractivity contribution in [3.8, 4) is 0 Å². The van der Waals surface area contributed by atoms with Gasteiger partial charge in [0.25, 0.3) is 0 Å². The van der Waals surface area contributed by atoms with E-state index in [2.05, 4.69) is 3.07 Å². The van der Waals surface area contributed by atoms with Crippen molar-refractivity contribution in [3.05, 3.63) is 35.9 Å². The van der Waals surface area contributed by atoms with Gasteiger partial charge in [0, 0.05) is 0 Å². The maximum Gasteiger partial charge on any atom is 0.466 e. The van der Waals surface area contributed by atoms with Gasteiger partial charge in [-0.1, -0.05) is 18.2 Å². The van der Waals surface area contributed by atoms with Gasteiger partial charge in [0.15, 0.2) is 23.0 Å². The van der Waals surface area contributed by atoms with Crippen LogP contribution in [0.1, 0.15) is 10.4 Å². The zero-order valence-electron chi connectivity index (χ0n) is 7.28. The second-order valence-corrected chi connectivity index (χ2v) is 3.71. The third-order valence-electron chi connectivity index (χ3n) is 1.08. The van der Waals surface area contributed by atoms with Crippen LogP contribution in [-0.4, -0.2) is 20.6 Å². The number of carbonyl (C=O) groups excluding carboxylic acids is 1. The molecule has 0 spiro atoms. The van der Waals surface area contributed by atoms with E-state index in [-0.39, 0.29) is 5.97 Å². The molecule has 6 nitrogen and oxygen atoms in total. The lowest BCUT2D eigenvalue weighted by molar-refractivity contribution is 0.0800. The van der Waals surface area contributed by atoms with Crippen molar-refractivity contribution in [2.45, 2.75) is 0 Å². The van der Waals surface area contributed by atoms with Gasteiger partial charge < -0.3 is 17.7 Å². The minimum Gasteiger partial charge on any atom is -0.391 e. The largest absolute Gasteiger partial charge is 0.466 e. The molecule has 0 unspecified atom stereocenters. The first-order chi connectivity index (χ1) is 6.84. The topological polar surface area (TPSA) is 104 Å². The van der Waals surface area contributed by atoms with Crippen LogP contribution in [0.2, 0.25) is 0 Å². The summed E-state index contributed by atoms with van der Waals surface area (Å²) in [6.07, 6.45) is 0. The zero-order chi connectivity index (χ0) is 11.9. The first kappa shape index (κ1) is 14.5. The molecule has 1 rings (SSSR count). The fraction of sp³-hybridized carbons (Fsp3) is 0. The first-order valence-electron chi connectivity index (χ1n) is 3.51. The van der Waals surface area contributed by atoms with Gasteiger partial charge in [-0.25, -0.2) is 9.36 Å². The number of rotatable bonds is 1. The van der Waals surface area contributed by atoms with Crippen molar-refractivity contribution in [2.75, 3.05) is 0 Å². The van der Waals surface area contributed by atoms with Crippen molar-refractivity contribution in [1.29, 1.82) is 0 Å². The van der Waals surface area contributed by atoms with E-state index in [1.54, 1.807) is 47.3 Å². The Hall–Kier alpha value is -0.470. The fourth-order valence-corrected chi connectivity index (χ4v) is 0.873. The second kappa shape index (κ2) is 6.91. The van der Waals surface area contributed by atoms with E-state index in [4.69, 9.17) is 19.2 Å². The van der Waals surface area contributed by atoms with Crippen molar-refractivity contribution in [1.82, 2.24) is 0 Å². The lowest BCUT2D eigenvalue weighted by Gasteiger charge is -1.93. The minimum absolute atomic E-state index is 0.304. The Morgan fingerprint density at radius 2 is 1.60 bits per heavy atom. The lowest BCUT2D eigenvalue weighted by Crippen LogP contribution is -1.95. The third-order valence-corrected chi connectivity index (χ3v) is 1.48. The molecule has 0 saturated carbocycles. The van der Waals surface area contributed by atoms with Gasteiger partial charge in [-0.15, -0.1) is 0 Å². The summed E-state index contributed by atoms with van der Waals surface area (Å²) in [4.78, 5) is 32.3. The summed E-state index contributed by atoms with van der Waals surface area (Å²) in [5.74, 6) is -0.304. The SMILES string of the molecule is O=C(OI)c1ccccc1.O=P(O)(O)O. The van der Waals surface area contributed by atoms with Crippen molar-refractivity contribution < 1.29 is 27.1 Å². The highest BCUT2D eigenvalue weighted by atomic mass is 127. The minimum atomic E-state index is -4.64. The summed E-state index contributed by atoms with van der Waals surface area (Å²) in [5.41, 5.74) is 0.580. The molecule has 0 aromatic heterocycles. The standard InChI is InChI=1S/C7H5IO2.H3O4P/c8-10-7(9)6-4-2-1-3-5-6;1-5(2,3)4/h1-5H;(H3,1,2,3,4). The van der Waals surface area contributed by atoms with Crippen LogP contribution in [0.4, 0.5) is 0 Å². The summed E-state index contributed by atoms with van der Waals surface area (Å²) in [7, 11) is -4.64. The highest BCUT2D eigenvalue weighted by Gasteiger charge is 2.02. The molecule has 3 N–H and O–H groups in total. The summed E-state index contributed by atoms with van der Waals surface area (Å²) in [5, 5.41) is 0. The van der Waals surface area contributed by atoms with Crippen LogP contribution in [0, 0.1) is 0 Å². The number of hydrogen-bond acceptors (Lipinski definition) is 3. The Balaban J connectivity index is 0.000000336. The number of hydrogen-bond donors (Lipinski definition) is 3. The smallest absolute Gasteiger partial charge is 0.391 e. The van der Waals surface area contributed by atoms with Crippen LogP contribution in [0.5, 0.6) is 0 Å². The molecule has 0 aliphatic rings. The third kappa shape index (κ3) is 9.83. The van der Waals surface area contributed by atoms with Crippen molar-refractivity contribution >= 4 is 36.8 Å². The molecule has 0 atom stereocenters. The number of phosphoric acid groups is 1. The van der Waals surface area contributed by atoms with Gasteiger partial charge in [0.2, 0.25) is 0 Å². The monoisotopic (exact) mass is 346 g/mol. The molecule has 0 amide bonds. The molecular weight excluding hydrogens is 338 g/mol. The van der Waals surface area contributed by atoms with Gasteiger partial charge in [-0.2, -0.15) is 0 Å². The van der Waals surface area contributed by atoms with Gasteiger partial charge in [-0.3, -0.25) is 0 Å². The van der Waals surface area contributed by atoms with Crippen LogP contribution in [0.3, 0.4) is 0 Å². The van der Waals surface area contributed by atoms with Gasteiger partial charge in [-0.05, 0) is 12.1 Å². The first-order valence-corrected chi connectivity index (χ1v) is 5.95. The summed E-state index contributed by atoms with van der Waals surface area (Å²) in [6, 6.07) is 8.86. The molecule has 0 radical (unpaired) electrons. The summed E-state index contributed by atoms with van der Waals surface area (Å²) >= 11 is 1.57. The predicted octanol–water partition coefficient (Wildman–Crippen LogP) is 1.26. The van der Waals surface area contributed by atoms with E-state index in [9.17, 15) is 4.79 Å². The normalized spacial score (nSPS) is 9.87. The Morgan fingerprint density at radius 1 is 1.20 bits per heavy atom. The van der Waals surface area contributed by atoms with Crippen molar-refractivity contribution in [2.24, 2.45) is 0 Å². The molecule has 0 saturated heterocycles. The number of benzene rings is 1. The maximum absolute atomic E-state index is 10.8. The Kier molecular flexibility index (Phi) is 6.70. The Morgan fingerprint density at radius 3 is 1.93 bits per heavy atom. The van der Waals surface area contributed by atoms with Gasteiger partial charge in [0.1, 0.15) is 0 Å². The number of carbonyl (C=O) groups is 1. The van der Waals surface area contributed by atoms with Crippen molar-refractivity contribution in [3.63, 3.8) is 0 Å². The molecule has 8 heteroatoms. The van der Waals surface area contributed by atoms with Crippen LogP contribution < -0.4 is 0 Å². The molecule has 15 heavy (non-hydrogen) atoms. The molecule has 0 heterocycles. The fourth-order valence-electron chi connectivity index (χ4n) is 0.619. The van der Waals surface area contributed by atoms with E-state index in [1.165, 1.54) is 0 Å². The second-order valence-electron chi connectivity index (χ2n) is 2.24. The quantitative estimate of drug-likeness (QED) is 0.523. The zero-order valence-corrected chi connectivity index (χ0v) is 10.3. The molecule has 0 aliphatic heterocycles. The predicted molar refractivity (Wildman–Crippen MR) is 60.1 cm³/mol. The van der Waals surface area contributed by atoms with E-state index in [1.807, 2.05) is 6.07 Å². The van der Waals surface area contributed by atoms with Crippen LogP contribution in [0.15, 0.2) is 30.3 Å². The maximum atomic E-state index is 10.8. The molecule has 1 aromatic carbocycles. The van der Waals surface area contributed by atoms with Crippen LogP contribution in [-0.2, 0) is 7.63 Å². The summed E-state index contributed by atoms with van der Waals surface area (Å²) < 4.78 is 13.3. The lowest BCUT2D eigenvalue weighted by atomic mass is 10.2.